The summed E-state index contributed by atoms with van der Waals surface area (Å²) in [6, 6.07) is 8.53. The number of halogens is 1. The molecule has 1 aliphatic rings. The topological polar surface area (TPSA) is 77.9 Å². The number of carboxylic acids is 1. The van der Waals surface area contributed by atoms with Gasteiger partial charge in [-0.3, -0.25) is 4.79 Å². The molecule has 0 atom stereocenters. The summed E-state index contributed by atoms with van der Waals surface area (Å²) in [5.74, 6) is -0.763. The summed E-state index contributed by atoms with van der Waals surface area (Å²) in [6.45, 7) is 3.39. The first kappa shape index (κ1) is 20.9. The molecule has 0 unspecified atom stereocenters. The zero-order chi connectivity index (χ0) is 16.7. The standard InChI is InChI=1S/C16H24N2O4S.ClH/c19-16(20)9-4-5-10-17-11-6-12-18(14-13-17)23(21,22)15-7-2-1-3-8-15;/h1-3,7-8H,4-6,9-14H2,(H,19,20);1H. The first-order valence-corrected chi connectivity index (χ1v) is 9.43. The van der Waals surface area contributed by atoms with Crippen molar-refractivity contribution in [3.63, 3.8) is 0 Å². The van der Waals surface area contributed by atoms with Crippen LogP contribution in [-0.2, 0) is 14.8 Å². The Balaban J connectivity index is 0.00000288. The van der Waals surface area contributed by atoms with Crippen LogP contribution in [0.2, 0.25) is 0 Å². The summed E-state index contributed by atoms with van der Waals surface area (Å²) in [5, 5.41) is 8.64. The minimum Gasteiger partial charge on any atom is -0.481 e. The van der Waals surface area contributed by atoms with Gasteiger partial charge in [0.25, 0.3) is 0 Å². The number of carboxylic acid groups (broad SMARTS) is 1. The van der Waals surface area contributed by atoms with Gasteiger partial charge in [0.2, 0.25) is 10.0 Å². The number of rotatable bonds is 7. The first-order valence-electron chi connectivity index (χ1n) is 7.99. The van der Waals surface area contributed by atoms with E-state index in [1.54, 1.807) is 34.6 Å². The Labute approximate surface area is 149 Å². The third-order valence-electron chi connectivity index (χ3n) is 4.04. The number of hydrogen-bond acceptors (Lipinski definition) is 4. The quantitative estimate of drug-likeness (QED) is 0.737. The summed E-state index contributed by atoms with van der Waals surface area (Å²) in [6.07, 6.45) is 2.49. The Morgan fingerprint density at radius 1 is 1.04 bits per heavy atom. The van der Waals surface area contributed by atoms with Crippen molar-refractivity contribution in [2.75, 3.05) is 32.7 Å². The highest BCUT2D eigenvalue weighted by atomic mass is 35.5. The molecule has 8 heteroatoms. The van der Waals surface area contributed by atoms with E-state index in [2.05, 4.69) is 4.90 Å². The van der Waals surface area contributed by atoms with E-state index in [1.165, 1.54) is 0 Å². The number of aliphatic carboxylic acids is 1. The fourth-order valence-electron chi connectivity index (χ4n) is 2.76. The number of benzene rings is 1. The van der Waals surface area contributed by atoms with Crippen LogP contribution < -0.4 is 0 Å². The zero-order valence-electron chi connectivity index (χ0n) is 13.6. The second-order valence-electron chi connectivity index (χ2n) is 5.76. The monoisotopic (exact) mass is 376 g/mol. The average molecular weight is 377 g/mol. The van der Waals surface area contributed by atoms with Crippen LogP contribution in [-0.4, -0.2) is 61.4 Å². The van der Waals surface area contributed by atoms with E-state index in [-0.39, 0.29) is 18.8 Å². The van der Waals surface area contributed by atoms with E-state index < -0.39 is 16.0 Å². The molecule has 2 rings (SSSR count). The normalized spacial score (nSPS) is 17.0. The van der Waals surface area contributed by atoms with Gasteiger partial charge in [-0.2, -0.15) is 4.31 Å². The smallest absolute Gasteiger partial charge is 0.303 e. The molecule has 0 bridgehead atoms. The molecular formula is C16H25ClN2O4S. The van der Waals surface area contributed by atoms with Gasteiger partial charge in [-0.1, -0.05) is 18.2 Å². The molecule has 1 aromatic carbocycles. The summed E-state index contributed by atoms with van der Waals surface area (Å²) in [5.41, 5.74) is 0. The molecule has 1 aliphatic heterocycles. The summed E-state index contributed by atoms with van der Waals surface area (Å²) in [7, 11) is -3.42. The molecule has 1 saturated heterocycles. The number of carbonyl (C=O) groups is 1. The lowest BCUT2D eigenvalue weighted by atomic mass is 10.2. The van der Waals surface area contributed by atoms with Crippen molar-refractivity contribution in [1.82, 2.24) is 9.21 Å². The van der Waals surface area contributed by atoms with Crippen LogP contribution in [0.1, 0.15) is 25.7 Å². The molecule has 0 spiro atoms. The van der Waals surface area contributed by atoms with E-state index in [9.17, 15) is 13.2 Å². The highest BCUT2D eigenvalue weighted by Crippen LogP contribution is 2.17. The van der Waals surface area contributed by atoms with Gasteiger partial charge in [-0.05, 0) is 44.5 Å². The molecule has 0 amide bonds. The van der Waals surface area contributed by atoms with Crippen LogP contribution in [0.4, 0.5) is 0 Å². The lowest BCUT2D eigenvalue weighted by molar-refractivity contribution is -0.137. The summed E-state index contributed by atoms with van der Waals surface area (Å²) >= 11 is 0. The van der Waals surface area contributed by atoms with Gasteiger partial charge in [-0.15, -0.1) is 12.4 Å². The summed E-state index contributed by atoms with van der Waals surface area (Å²) in [4.78, 5) is 13.1. The van der Waals surface area contributed by atoms with Crippen molar-refractivity contribution in [2.24, 2.45) is 0 Å². The number of sulfonamides is 1. The van der Waals surface area contributed by atoms with Crippen molar-refractivity contribution in [3.05, 3.63) is 30.3 Å². The largest absolute Gasteiger partial charge is 0.481 e. The van der Waals surface area contributed by atoms with Crippen LogP contribution in [0, 0.1) is 0 Å². The lowest BCUT2D eigenvalue weighted by Gasteiger charge is -2.21. The van der Waals surface area contributed by atoms with Gasteiger partial charge >= 0.3 is 5.97 Å². The highest BCUT2D eigenvalue weighted by Gasteiger charge is 2.26. The fraction of sp³-hybridized carbons (Fsp3) is 0.562. The zero-order valence-corrected chi connectivity index (χ0v) is 15.3. The molecule has 6 nitrogen and oxygen atoms in total. The van der Waals surface area contributed by atoms with Crippen molar-refractivity contribution in [2.45, 2.75) is 30.6 Å². The highest BCUT2D eigenvalue weighted by molar-refractivity contribution is 7.89. The SMILES string of the molecule is Cl.O=C(O)CCCCN1CCCN(S(=O)(=O)c2ccccc2)CC1. The molecule has 136 valence electrons. The van der Waals surface area contributed by atoms with Crippen LogP contribution in [0.3, 0.4) is 0 Å². The predicted molar refractivity (Wildman–Crippen MR) is 95.0 cm³/mol. The Kier molecular flexibility index (Phi) is 8.69. The van der Waals surface area contributed by atoms with Crippen LogP contribution in [0.25, 0.3) is 0 Å². The molecule has 0 aliphatic carbocycles. The molecule has 1 heterocycles. The Hall–Kier alpha value is -1.15. The van der Waals surface area contributed by atoms with E-state index in [0.29, 0.717) is 31.0 Å². The Morgan fingerprint density at radius 3 is 2.42 bits per heavy atom. The number of unbranched alkanes of at least 4 members (excludes halogenated alkanes) is 1. The fourth-order valence-corrected chi connectivity index (χ4v) is 4.26. The molecule has 0 aromatic heterocycles. The van der Waals surface area contributed by atoms with E-state index >= 15 is 0 Å². The summed E-state index contributed by atoms with van der Waals surface area (Å²) < 4.78 is 26.8. The van der Waals surface area contributed by atoms with E-state index in [4.69, 9.17) is 5.11 Å². The number of nitrogens with zero attached hydrogens (tertiary/aromatic N) is 2. The van der Waals surface area contributed by atoms with Crippen molar-refractivity contribution in [3.8, 4) is 0 Å². The third kappa shape index (κ3) is 6.05. The second kappa shape index (κ2) is 9.98. The van der Waals surface area contributed by atoms with Gasteiger partial charge in [0, 0.05) is 26.1 Å². The molecule has 24 heavy (non-hydrogen) atoms. The van der Waals surface area contributed by atoms with Gasteiger partial charge in [-0.25, -0.2) is 8.42 Å². The molecule has 1 fully saturated rings. The maximum atomic E-state index is 12.6. The molecule has 0 saturated carbocycles. The van der Waals surface area contributed by atoms with Crippen molar-refractivity contribution in [1.29, 1.82) is 0 Å². The second-order valence-corrected chi connectivity index (χ2v) is 7.70. The van der Waals surface area contributed by atoms with Gasteiger partial charge in [0.05, 0.1) is 4.90 Å². The first-order chi connectivity index (χ1) is 11.0. The lowest BCUT2D eigenvalue weighted by Crippen LogP contribution is -2.35. The van der Waals surface area contributed by atoms with Crippen molar-refractivity contribution >= 4 is 28.4 Å². The predicted octanol–water partition coefficient (Wildman–Crippen LogP) is 2.06. The van der Waals surface area contributed by atoms with Gasteiger partial charge < -0.3 is 10.0 Å². The van der Waals surface area contributed by atoms with E-state index in [0.717, 1.165) is 25.9 Å². The maximum absolute atomic E-state index is 12.6. The van der Waals surface area contributed by atoms with Crippen LogP contribution >= 0.6 is 12.4 Å². The van der Waals surface area contributed by atoms with Crippen LogP contribution in [0.5, 0.6) is 0 Å². The minimum atomic E-state index is -3.42. The molecule has 1 N–H and O–H groups in total. The van der Waals surface area contributed by atoms with E-state index in [1.807, 2.05) is 0 Å². The third-order valence-corrected chi connectivity index (χ3v) is 5.96. The molecule has 1 aromatic rings. The van der Waals surface area contributed by atoms with Crippen LogP contribution in [0.15, 0.2) is 35.2 Å². The van der Waals surface area contributed by atoms with Gasteiger partial charge in [0.1, 0.15) is 0 Å². The average Bonchev–Trinajstić information content (AvgIpc) is 2.78. The van der Waals surface area contributed by atoms with Crippen molar-refractivity contribution < 1.29 is 18.3 Å². The molecular weight excluding hydrogens is 352 g/mol. The molecule has 0 radical (unpaired) electrons. The maximum Gasteiger partial charge on any atom is 0.303 e. The Bertz CT molecular complexity index is 610. The van der Waals surface area contributed by atoms with Gasteiger partial charge in [0.15, 0.2) is 0 Å². The minimum absolute atomic E-state index is 0. The number of hydrogen-bond donors (Lipinski definition) is 1. The Morgan fingerprint density at radius 2 is 1.75 bits per heavy atom.